The van der Waals surface area contributed by atoms with Crippen LogP contribution in [0.3, 0.4) is 0 Å². The molecule has 8 nitrogen and oxygen atoms in total. The quantitative estimate of drug-likeness (QED) is 0.0897. The maximum Gasteiger partial charge on any atom is 0.132 e. The lowest BCUT2D eigenvalue weighted by atomic mass is 9.67. The van der Waals surface area contributed by atoms with Gasteiger partial charge in [-0.3, -0.25) is 0 Å². The van der Waals surface area contributed by atoms with Gasteiger partial charge in [0.1, 0.15) is 69.0 Å². The molecule has 0 aliphatic carbocycles. The van der Waals surface area contributed by atoms with Crippen molar-refractivity contribution in [1.82, 2.24) is 0 Å². The molecular weight excluding hydrogens is 825 g/mol. The Labute approximate surface area is 381 Å². The molecule has 0 unspecified atom stereocenters. The molecule has 0 aliphatic heterocycles. The number of rotatable bonds is 12. The molecule has 0 spiro atoms. The number of benzene rings is 10. The van der Waals surface area contributed by atoms with Crippen LogP contribution >= 0.6 is 0 Å². The highest BCUT2D eigenvalue weighted by atomic mass is 16.5. The van der Waals surface area contributed by atoms with E-state index in [0.29, 0.717) is 46.0 Å². The van der Waals surface area contributed by atoms with E-state index in [2.05, 4.69) is 43.3 Å². The first kappa shape index (κ1) is 41.1. The van der Waals surface area contributed by atoms with Gasteiger partial charge in [-0.1, -0.05) is 78.9 Å². The molecule has 0 atom stereocenters. The van der Waals surface area contributed by atoms with Gasteiger partial charge in [0.2, 0.25) is 0 Å². The van der Waals surface area contributed by atoms with Crippen molar-refractivity contribution in [2.45, 2.75) is 12.3 Å². The maximum absolute atomic E-state index is 10.3. The van der Waals surface area contributed by atoms with Crippen molar-refractivity contribution < 1.29 is 39.4 Å². The summed E-state index contributed by atoms with van der Waals surface area (Å²) in [6, 6.07) is 65.0. The number of hydrogen-bond acceptors (Lipinski definition) is 8. The van der Waals surface area contributed by atoms with Crippen LogP contribution in [0.4, 0.5) is 0 Å². The van der Waals surface area contributed by atoms with Crippen molar-refractivity contribution in [3.8, 4) is 80.1 Å². The van der Waals surface area contributed by atoms with Crippen LogP contribution in [0.15, 0.2) is 212 Å². The molecule has 0 saturated carbocycles. The summed E-state index contributed by atoms with van der Waals surface area (Å²) in [7, 11) is 0. The zero-order valence-electron chi connectivity index (χ0n) is 35.6. The molecular formula is C58H42O8. The topological polar surface area (TPSA) is 118 Å². The third-order valence-corrected chi connectivity index (χ3v) is 11.8. The fourth-order valence-electron chi connectivity index (χ4n) is 8.51. The van der Waals surface area contributed by atoms with Crippen LogP contribution in [-0.4, -0.2) is 20.4 Å². The van der Waals surface area contributed by atoms with Crippen molar-refractivity contribution in [3.63, 3.8) is 0 Å². The van der Waals surface area contributed by atoms with Gasteiger partial charge in [0, 0.05) is 11.1 Å². The van der Waals surface area contributed by atoms with E-state index in [1.807, 2.05) is 78.9 Å². The minimum absolute atomic E-state index is 0.109. The van der Waals surface area contributed by atoms with Crippen molar-refractivity contribution in [2.75, 3.05) is 0 Å². The van der Waals surface area contributed by atoms with Crippen LogP contribution in [0.1, 0.15) is 23.6 Å². The largest absolute Gasteiger partial charge is 0.508 e. The van der Waals surface area contributed by atoms with Crippen LogP contribution in [0.2, 0.25) is 0 Å². The van der Waals surface area contributed by atoms with E-state index in [0.717, 1.165) is 49.4 Å². The Kier molecular flexibility index (Phi) is 10.8. The molecule has 8 heteroatoms. The fourth-order valence-corrected chi connectivity index (χ4v) is 8.51. The van der Waals surface area contributed by atoms with E-state index >= 15 is 0 Å². The lowest BCUT2D eigenvalue weighted by molar-refractivity contribution is 0.447. The van der Waals surface area contributed by atoms with Crippen molar-refractivity contribution in [3.05, 3.63) is 229 Å². The highest BCUT2D eigenvalue weighted by Gasteiger charge is 2.40. The molecule has 10 aromatic rings. The predicted molar refractivity (Wildman–Crippen MR) is 258 cm³/mol. The van der Waals surface area contributed by atoms with Gasteiger partial charge in [-0.25, -0.2) is 0 Å². The lowest BCUT2D eigenvalue weighted by Gasteiger charge is -2.36. The van der Waals surface area contributed by atoms with Crippen LogP contribution < -0.4 is 18.9 Å². The van der Waals surface area contributed by atoms with Crippen LogP contribution in [0.25, 0.3) is 32.7 Å². The summed E-state index contributed by atoms with van der Waals surface area (Å²) in [6.45, 7) is 2.17. The molecule has 0 radical (unpaired) electrons. The van der Waals surface area contributed by atoms with Gasteiger partial charge in [-0.2, -0.15) is 0 Å². The van der Waals surface area contributed by atoms with E-state index in [1.54, 1.807) is 97.1 Å². The number of hydrogen-bond donors (Lipinski definition) is 4. The molecule has 10 rings (SSSR count). The van der Waals surface area contributed by atoms with Crippen LogP contribution in [0.5, 0.6) is 69.0 Å². The van der Waals surface area contributed by atoms with Crippen molar-refractivity contribution >= 4 is 21.5 Å². The lowest BCUT2D eigenvalue weighted by Crippen LogP contribution is -2.27. The summed E-state index contributed by atoms with van der Waals surface area (Å²) in [4.78, 5) is 0. The summed E-state index contributed by atoms with van der Waals surface area (Å²) < 4.78 is 26.8. The summed E-state index contributed by atoms with van der Waals surface area (Å²) in [5.74, 6) is 4.77. The Bertz CT molecular complexity index is 3120. The highest BCUT2D eigenvalue weighted by molar-refractivity contribution is 5.96. The molecule has 322 valence electrons. The highest BCUT2D eigenvalue weighted by Crippen LogP contribution is 2.54. The van der Waals surface area contributed by atoms with E-state index in [9.17, 15) is 20.4 Å². The molecule has 0 fully saturated rings. The molecule has 4 N–H and O–H groups in total. The van der Waals surface area contributed by atoms with Crippen molar-refractivity contribution in [1.29, 1.82) is 0 Å². The Morgan fingerprint density at radius 3 is 1.05 bits per heavy atom. The monoisotopic (exact) mass is 866 g/mol. The maximum atomic E-state index is 10.3. The van der Waals surface area contributed by atoms with E-state index in [1.165, 1.54) is 0 Å². The van der Waals surface area contributed by atoms with Gasteiger partial charge in [0.05, 0.1) is 5.41 Å². The van der Waals surface area contributed by atoms with E-state index in [4.69, 9.17) is 18.9 Å². The molecule has 66 heavy (non-hydrogen) atoms. The number of phenols is 4. The smallest absolute Gasteiger partial charge is 0.132 e. The second kappa shape index (κ2) is 17.4. The van der Waals surface area contributed by atoms with Gasteiger partial charge in [0.15, 0.2) is 0 Å². The third-order valence-electron chi connectivity index (χ3n) is 11.8. The second-order valence-electron chi connectivity index (χ2n) is 16.1. The van der Waals surface area contributed by atoms with Crippen LogP contribution in [-0.2, 0) is 5.41 Å². The Balaban J connectivity index is 1.29. The summed E-state index contributed by atoms with van der Waals surface area (Å²) >= 11 is 0. The average Bonchev–Trinajstić information content (AvgIpc) is 3.34. The predicted octanol–water partition coefficient (Wildman–Crippen LogP) is 15.0. The van der Waals surface area contributed by atoms with Gasteiger partial charge in [0.25, 0.3) is 0 Å². The standard InChI is InChI=1S/C58H42O8/c1-58(41-13-7-38(8-14-41)37-5-3-2-4-6-37,56-52-35-50(63-46-25-15-42(59)16-26-46)23-9-39(52)11-33-54(56)65-48-29-19-44(61)20-30-48)57-53-36-51(64-47-27-17-43(60)18-28-47)24-10-40(53)12-34-55(57)66-49-31-21-45(62)22-32-49/h2-36,59-62H,1H3. The Morgan fingerprint density at radius 2 is 0.652 bits per heavy atom. The van der Waals surface area contributed by atoms with Crippen molar-refractivity contribution in [2.24, 2.45) is 0 Å². The van der Waals surface area contributed by atoms with Gasteiger partial charge >= 0.3 is 0 Å². The molecule has 0 aliphatic rings. The number of fused-ring (bicyclic) bond motifs is 2. The normalized spacial score (nSPS) is 11.3. The van der Waals surface area contributed by atoms with Gasteiger partial charge < -0.3 is 39.4 Å². The summed E-state index contributed by atoms with van der Waals surface area (Å²) in [5.41, 5.74) is 3.45. The Hall–Kier alpha value is -8.88. The molecule has 0 bridgehead atoms. The fraction of sp³-hybridized carbons (Fsp3) is 0.0345. The first-order valence-electron chi connectivity index (χ1n) is 21.3. The van der Waals surface area contributed by atoms with E-state index in [-0.39, 0.29) is 23.0 Å². The zero-order valence-corrected chi connectivity index (χ0v) is 35.6. The number of ether oxygens (including phenoxy) is 4. The third kappa shape index (κ3) is 8.34. The Morgan fingerprint density at radius 1 is 0.318 bits per heavy atom. The second-order valence-corrected chi connectivity index (χ2v) is 16.1. The van der Waals surface area contributed by atoms with E-state index < -0.39 is 5.41 Å². The molecule has 0 saturated heterocycles. The minimum Gasteiger partial charge on any atom is -0.508 e. The van der Waals surface area contributed by atoms with Gasteiger partial charge in [-0.05, 0) is 179 Å². The number of aromatic hydroxyl groups is 4. The van der Waals surface area contributed by atoms with Gasteiger partial charge in [-0.15, -0.1) is 0 Å². The first-order valence-corrected chi connectivity index (χ1v) is 21.3. The summed E-state index contributed by atoms with van der Waals surface area (Å²) in [5, 5.41) is 44.1. The minimum atomic E-state index is -1.12. The van der Waals surface area contributed by atoms with Crippen LogP contribution in [0, 0.1) is 0 Å². The average molecular weight is 867 g/mol. The first-order chi connectivity index (χ1) is 32.2. The molecule has 10 aromatic carbocycles. The molecule has 0 heterocycles. The molecule has 0 amide bonds. The number of phenolic OH excluding ortho intramolecular Hbond substituents is 4. The SMILES string of the molecule is CC(c1ccc(-c2ccccc2)cc1)(c1c(Oc2ccc(O)cc2)ccc2ccc(Oc3ccc(O)cc3)cc12)c1c(Oc2ccc(O)cc2)ccc2ccc(Oc3ccc(O)cc3)cc12. The zero-order chi connectivity index (χ0) is 45.2. The summed E-state index contributed by atoms with van der Waals surface area (Å²) in [6.07, 6.45) is 0. The molecule has 0 aromatic heterocycles.